The van der Waals surface area contributed by atoms with Crippen molar-refractivity contribution in [3.8, 4) is 0 Å². The van der Waals surface area contributed by atoms with E-state index in [0.29, 0.717) is 6.42 Å². The van der Waals surface area contributed by atoms with Crippen molar-refractivity contribution >= 4 is 17.2 Å². The molecule has 4 heteroatoms. The lowest BCUT2D eigenvalue weighted by molar-refractivity contribution is -0.120. The molecule has 0 spiro atoms. The SMILES string of the molecule is Cc1ccc(C(N)CC2(CC(N)=O)CCCC2)s1. The molecule has 0 aromatic carbocycles. The summed E-state index contributed by atoms with van der Waals surface area (Å²) in [5, 5.41) is 0. The molecular formula is C14H22N2OS. The molecule has 0 radical (unpaired) electrons. The summed E-state index contributed by atoms with van der Waals surface area (Å²) in [5.41, 5.74) is 11.8. The third-order valence-electron chi connectivity index (χ3n) is 3.99. The second kappa shape index (κ2) is 5.41. The average Bonchev–Trinajstić information content (AvgIpc) is 2.87. The second-order valence-electron chi connectivity index (χ2n) is 5.61. The average molecular weight is 266 g/mol. The van der Waals surface area contributed by atoms with Gasteiger partial charge in [0.1, 0.15) is 0 Å². The van der Waals surface area contributed by atoms with Gasteiger partial charge in [0.05, 0.1) is 0 Å². The summed E-state index contributed by atoms with van der Waals surface area (Å²) in [6.07, 6.45) is 5.95. The Hall–Kier alpha value is -0.870. The topological polar surface area (TPSA) is 69.1 Å². The molecule has 0 saturated heterocycles. The third kappa shape index (κ3) is 3.12. The normalized spacial score (nSPS) is 19.9. The monoisotopic (exact) mass is 266 g/mol. The number of carbonyl (C=O) groups excluding carboxylic acids is 1. The van der Waals surface area contributed by atoms with Crippen LogP contribution in [-0.2, 0) is 4.79 Å². The molecule has 1 aliphatic rings. The van der Waals surface area contributed by atoms with Crippen molar-refractivity contribution in [3.05, 3.63) is 21.9 Å². The first kappa shape index (κ1) is 13.6. The quantitative estimate of drug-likeness (QED) is 0.860. The number of amides is 1. The minimum absolute atomic E-state index is 0.0427. The highest BCUT2D eigenvalue weighted by Crippen LogP contribution is 2.47. The van der Waals surface area contributed by atoms with Gasteiger partial charge in [0, 0.05) is 22.2 Å². The van der Waals surface area contributed by atoms with Gasteiger partial charge in [0.2, 0.25) is 5.91 Å². The number of thiophene rings is 1. The molecule has 4 N–H and O–H groups in total. The maximum atomic E-state index is 11.3. The summed E-state index contributed by atoms with van der Waals surface area (Å²) in [6, 6.07) is 4.26. The first-order valence-corrected chi connectivity index (χ1v) is 7.43. The molecule has 18 heavy (non-hydrogen) atoms. The molecule has 2 rings (SSSR count). The van der Waals surface area contributed by atoms with Gasteiger partial charge in [-0.2, -0.15) is 0 Å². The molecule has 1 aromatic rings. The van der Waals surface area contributed by atoms with Crippen LogP contribution in [0.2, 0.25) is 0 Å². The standard InChI is InChI=1S/C14H22N2OS/c1-10-4-5-12(18-10)11(15)8-14(9-13(16)17)6-2-3-7-14/h4-5,11H,2-3,6-9,15H2,1H3,(H2,16,17). The maximum Gasteiger partial charge on any atom is 0.217 e. The molecule has 0 bridgehead atoms. The zero-order valence-electron chi connectivity index (χ0n) is 10.9. The van der Waals surface area contributed by atoms with Gasteiger partial charge >= 0.3 is 0 Å². The van der Waals surface area contributed by atoms with Crippen molar-refractivity contribution in [2.45, 2.75) is 51.5 Å². The smallest absolute Gasteiger partial charge is 0.217 e. The van der Waals surface area contributed by atoms with E-state index < -0.39 is 0 Å². The van der Waals surface area contributed by atoms with Crippen LogP contribution in [0.5, 0.6) is 0 Å². The van der Waals surface area contributed by atoms with Gasteiger partial charge in [0.25, 0.3) is 0 Å². The van der Waals surface area contributed by atoms with E-state index in [1.807, 2.05) is 0 Å². The van der Waals surface area contributed by atoms with Crippen LogP contribution < -0.4 is 11.5 Å². The molecule has 100 valence electrons. The van der Waals surface area contributed by atoms with Gasteiger partial charge in [0.15, 0.2) is 0 Å². The molecule has 1 fully saturated rings. The van der Waals surface area contributed by atoms with Crippen molar-refractivity contribution < 1.29 is 4.79 Å². The van der Waals surface area contributed by atoms with Crippen molar-refractivity contribution in [1.29, 1.82) is 0 Å². The van der Waals surface area contributed by atoms with Crippen LogP contribution in [0, 0.1) is 12.3 Å². The Morgan fingerprint density at radius 2 is 2.11 bits per heavy atom. The molecule has 1 saturated carbocycles. The maximum absolute atomic E-state index is 11.3. The van der Waals surface area contributed by atoms with E-state index in [4.69, 9.17) is 11.5 Å². The molecule has 1 atom stereocenters. The van der Waals surface area contributed by atoms with Crippen LogP contribution >= 0.6 is 11.3 Å². The van der Waals surface area contributed by atoms with E-state index in [0.717, 1.165) is 19.3 Å². The van der Waals surface area contributed by atoms with Gasteiger partial charge in [-0.1, -0.05) is 12.8 Å². The highest BCUT2D eigenvalue weighted by molar-refractivity contribution is 7.12. The molecule has 1 heterocycles. The van der Waals surface area contributed by atoms with Crippen LogP contribution in [0.1, 0.15) is 54.3 Å². The van der Waals surface area contributed by atoms with E-state index in [1.165, 1.54) is 22.6 Å². The lowest BCUT2D eigenvalue weighted by atomic mass is 9.77. The van der Waals surface area contributed by atoms with Gasteiger partial charge in [-0.05, 0) is 43.7 Å². The Bertz CT molecular complexity index is 421. The predicted octanol–water partition coefficient (Wildman–Crippen LogP) is 2.88. The highest BCUT2D eigenvalue weighted by Gasteiger charge is 2.37. The van der Waals surface area contributed by atoms with Crippen LogP contribution in [0.4, 0.5) is 0 Å². The second-order valence-corrected chi connectivity index (χ2v) is 6.93. The van der Waals surface area contributed by atoms with Crippen LogP contribution in [0.25, 0.3) is 0 Å². The van der Waals surface area contributed by atoms with E-state index >= 15 is 0 Å². The van der Waals surface area contributed by atoms with E-state index in [2.05, 4.69) is 19.1 Å². The zero-order chi connectivity index (χ0) is 13.2. The Labute approximate surface area is 113 Å². The lowest BCUT2D eigenvalue weighted by Crippen LogP contribution is -2.29. The summed E-state index contributed by atoms with van der Waals surface area (Å²) >= 11 is 1.76. The largest absolute Gasteiger partial charge is 0.370 e. The van der Waals surface area contributed by atoms with E-state index in [9.17, 15) is 4.79 Å². The van der Waals surface area contributed by atoms with Crippen LogP contribution in [-0.4, -0.2) is 5.91 Å². The first-order valence-electron chi connectivity index (χ1n) is 6.61. The van der Waals surface area contributed by atoms with Crippen LogP contribution in [0.3, 0.4) is 0 Å². The number of hydrogen-bond donors (Lipinski definition) is 2. The summed E-state index contributed by atoms with van der Waals surface area (Å²) in [5.74, 6) is -0.188. The molecule has 3 nitrogen and oxygen atoms in total. The van der Waals surface area contributed by atoms with Gasteiger partial charge in [-0.3, -0.25) is 4.79 Å². The Kier molecular flexibility index (Phi) is 4.07. The van der Waals surface area contributed by atoms with Gasteiger partial charge in [-0.25, -0.2) is 0 Å². The number of nitrogens with two attached hydrogens (primary N) is 2. The van der Waals surface area contributed by atoms with Crippen molar-refractivity contribution in [2.75, 3.05) is 0 Å². The lowest BCUT2D eigenvalue weighted by Gasteiger charge is -2.30. The summed E-state index contributed by atoms with van der Waals surface area (Å²) in [6.45, 7) is 2.09. The number of primary amides is 1. The Balaban J connectivity index is 2.07. The molecule has 1 aromatic heterocycles. The first-order chi connectivity index (χ1) is 8.51. The highest BCUT2D eigenvalue weighted by atomic mass is 32.1. The van der Waals surface area contributed by atoms with Crippen molar-refractivity contribution in [2.24, 2.45) is 16.9 Å². The molecule has 1 aliphatic carbocycles. The number of aryl methyl sites for hydroxylation is 1. The minimum atomic E-state index is -0.188. The molecule has 0 aliphatic heterocycles. The zero-order valence-corrected chi connectivity index (χ0v) is 11.8. The third-order valence-corrected chi connectivity index (χ3v) is 5.13. The minimum Gasteiger partial charge on any atom is -0.370 e. The molecule has 1 amide bonds. The number of carbonyl (C=O) groups is 1. The van der Waals surface area contributed by atoms with Crippen LogP contribution in [0.15, 0.2) is 12.1 Å². The van der Waals surface area contributed by atoms with E-state index in [-0.39, 0.29) is 17.4 Å². The molecule has 1 unspecified atom stereocenters. The van der Waals surface area contributed by atoms with Gasteiger partial charge in [-0.15, -0.1) is 11.3 Å². The Morgan fingerprint density at radius 1 is 1.44 bits per heavy atom. The summed E-state index contributed by atoms with van der Waals surface area (Å²) < 4.78 is 0. The number of hydrogen-bond acceptors (Lipinski definition) is 3. The fourth-order valence-electron chi connectivity index (χ4n) is 3.17. The predicted molar refractivity (Wildman–Crippen MR) is 75.3 cm³/mol. The fourth-order valence-corrected chi connectivity index (χ4v) is 4.05. The fraction of sp³-hybridized carbons (Fsp3) is 0.643. The summed E-state index contributed by atoms with van der Waals surface area (Å²) in [7, 11) is 0. The molecular weight excluding hydrogens is 244 g/mol. The van der Waals surface area contributed by atoms with Crippen molar-refractivity contribution in [1.82, 2.24) is 0 Å². The van der Waals surface area contributed by atoms with Gasteiger partial charge < -0.3 is 11.5 Å². The Morgan fingerprint density at radius 3 is 2.61 bits per heavy atom. The van der Waals surface area contributed by atoms with Crippen molar-refractivity contribution in [3.63, 3.8) is 0 Å². The summed E-state index contributed by atoms with van der Waals surface area (Å²) in [4.78, 5) is 13.8. The number of rotatable bonds is 5. The van der Waals surface area contributed by atoms with E-state index in [1.54, 1.807) is 11.3 Å².